The van der Waals surface area contributed by atoms with E-state index in [-0.39, 0.29) is 11.6 Å². The fourth-order valence-electron chi connectivity index (χ4n) is 2.38. The Balaban J connectivity index is 1.92. The van der Waals surface area contributed by atoms with E-state index >= 15 is 0 Å². The molecule has 2 nitrogen and oxygen atoms in total. The molecule has 18 heavy (non-hydrogen) atoms. The maximum Gasteiger partial charge on any atom is 0.137 e. The second kappa shape index (κ2) is 6.43. The molecule has 0 aliphatic carbocycles. The van der Waals surface area contributed by atoms with Gasteiger partial charge < -0.3 is 5.32 Å². The van der Waals surface area contributed by atoms with Gasteiger partial charge in [0.25, 0.3) is 0 Å². The predicted octanol–water partition coefficient (Wildman–Crippen LogP) is 3.09. The van der Waals surface area contributed by atoms with Crippen molar-refractivity contribution in [3.63, 3.8) is 0 Å². The molecule has 1 heterocycles. The molecule has 0 aromatic heterocycles. The van der Waals surface area contributed by atoms with E-state index in [1.807, 2.05) is 0 Å². The van der Waals surface area contributed by atoms with Gasteiger partial charge in [-0.05, 0) is 55.6 Å². The first-order valence-corrected chi connectivity index (χ1v) is 7.11. The molecule has 1 fully saturated rings. The molecule has 1 aromatic carbocycles. The average molecular weight is 314 g/mol. The van der Waals surface area contributed by atoms with Gasteiger partial charge in [-0.3, -0.25) is 4.79 Å². The highest BCUT2D eigenvalue weighted by Crippen LogP contribution is 2.21. The van der Waals surface area contributed by atoms with Crippen LogP contribution in [0.2, 0.25) is 0 Å². The number of carbonyl (C=O) groups excluding carboxylic acids is 1. The second-order valence-electron chi connectivity index (χ2n) is 4.87. The molecule has 1 unspecified atom stereocenters. The lowest BCUT2D eigenvalue weighted by Crippen LogP contribution is -2.31. The fourth-order valence-corrected chi connectivity index (χ4v) is 2.77. The SMILES string of the molecule is O=C(Cc1cc(F)ccc1Br)CC1CCCNC1. The van der Waals surface area contributed by atoms with E-state index in [1.54, 1.807) is 6.07 Å². The fraction of sp³-hybridized carbons (Fsp3) is 0.500. The Morgan fingerprint density at radius 1 is 1.50 bits per heavy atom. The highest BCUT2D eigenvalue weighted by molar-refractivity contribution is 9.10. The molecular weight excluding hydrogens is 297 g/mol. The van der Waals surface area contributed by atoms with Crippen LogP contribution in [0.1, 0.15) is 24.8 Å². The number of hydrogen-bond acceptors (Lipinski definition) is 2. The van der Waals surface area contributed by atoms with Gasteiger partial charge in [0.1, 0.15) is 11.6 Å². The largest absolute Gasteiger partial charge is 0.316 e. The molecule has 0 spiro atoms. The zero-order chi connectivity index (χ0) is 13.0. The second-order valence-corrected chi connectivity index (χ2v) is 5.72. The Kier molecular flexibility index (Phi) is 4.89. The summed E-state index contributed by atoms with van der Waals surface area (Å²) >= 11 is 3.35. The molecule has 1 saturated heterocycles. The lowest BCUT2D eigenvalue weighted by atomic mass is 9.92. The number of ketones is 1. The van der Waals surface area contributed by atoms with E-state index in [1.165, 1.54) is 12.1 Å². The van der Waals surface area contributed by atoms with Gasteiger partial charge in [0.05, 0.1) is 0 Å². The summed E-state index contributed by atoms with van der Waals surface area (Å²) in [6.45, 7) is 1.98. The van der Waals surface area contributed by atoms with E-state index in [0.29, 0.717) is 18.8 Å². The summed E-state index contributed by atoms with van der Waals surface area (Å²) in [5, 5.41) is 3.30. The van der Waals surface area contributed by atoms with Crippen LogP contribution in [0, 0.1) is 11.7 Å². The molecule has 2 rings (SSSR count). The van der Waals surface area contributed by atoms with Crippen LogP contribution in [0.5, 0.6) is 0 Å². The predicted molar refractivity (Wildman–Crippen MR) is 73.0 cm³/mol. The van der Waals surface area contributed by atoms with Crippen molar-refractivity contribution < 1.29 is 9.18 Å². The van der Waals surface area contributed by atoms with E-state index in [4.69, 9.17) is 0 Å². The molecule has 0 saturated carbocycles. The van der Waals surface area contributed by atoms with Crippen LogP contribution in [0.25, 0.3) is 0 Å². The van der Waals surface area contributed by atoms with Crippen molar-refractivity contribution in [3.05, 3.63) is 34.1 Å². The molecule has 0 amide bonds. The monoisotopic (exact) mass is 313 g/mol. The van der Waals surface area contributed by atoms with Gasteiger partial charge >= 0.3 is 0 Å². The van der Waals surface area contributed by atoms with Crippen molar-refractivity contribution in [2.45, 2.75) is 25.7 Å². The molecule has 98 valence electrons. The number of piperidine rings is 1. The highest BCUT2D eigenvalue weighted by atomic mass is 79.9. The minimum atomic E-state index is -0.291. The van der Waals surface area contributed by atoms with Crippen molar-refractivity contribution in [2.24, 2.45) is 5.92 Å². The molecule has 1 aromatic rings. The quantitative estimate of drug-likeness (QED) is 0.925. The van der Waals surface area contributed by atoms with E-state index in [9.17, 15) is 9.18 Å². The van der Waals surface area contributed by atoms with Crippen LogP contribution in [-0.4, -0.2) is 18.9 Å². The molecule has 0 bridgehead atoms. The smallest absolute Gasteiger partial charge is 0.137 e. The van der Waals surface area contributed by atoms with Gasteiger partial charge in [-0.25, -0.2) is 4.39 Å². The third-order valence-electron chi connectivity index (χ3n) is 3.31. The molecule has 4 heteroatoms. The number of carbonyl (C=O) groups is 1. The van der Waals surface area contributed by atoms with Crippen LogP contribution >= 0.6 is 15.9 Å². The minimum Gasteiger partial charge on any atom is -0.316 e. The van der Waals surface area contributed by atoms with Crippen LogP contribution in [-0.2, 0) is 11.2 Å². The lowest BCUT2D eigenvalue weighted by Gasteiger charge is -2.22. The highest BCUT2D eigenvalue weighted by Gasteiger charge is 2.17. The minimum absolute atomic E-state index is 0.190. The van der Waals surface area contributed by atoms with Gasteiger partial charge in [0.2, 0.25) is 0 Å². The van der Waals surface area contributed by atoms with Crippen molar-refractivity contribution in [1.29, 1.82) is 0 Å². The van der Waals surface area contributed by atoms with E-state index in [0.717, 1.165) is 36.0 Å². The maximum absolute atomic E-state index is 13.1. The third kappa shape index (κ3) is 3.89. The summed E-state index contributed by atoms with van der Waals surface area (Å²) < 4.78 is 13.9. The van der Waals surface area contributed by atoms with Gasteiger partial charge in [-0.2, -0.15) is 0 Å². The Morgan fingerprint density at radius 3 is 3.06 bits per heavy atom. The Bertz CT molecular complexity index is 430. The Hall–Kier alpha value is -0.740. The summed E-state index contributed by atoms with van der Waals surface area (Å²) in [7, 11) is 0. The molecule has 1 atom stereocenters. The maximum atomic E-state index is 13.1. The topological polar surface area (TPSA) is 29.1 Å². The Labute approximate surface area is 115 Å². The summed E-state index contributed by atoms with van der Waals surface area (Å²) in [5.41, 5.74) is 0.740. The summed E-state index contributed by atoms with van der Waals surface area (Å²) in [6, 6.07) is 4.48. The van der Waals surface area contributed by atoms with Crippen molar-refractivity contribution in [3.8, 4) is 0 Å². The first-order valence-electron chi connectivity index (χ1n) is 6.31. The van der Waals surface area contributed by atoms with Crippen molar-refractivity contribution in [1.82, 2.24) is 5.32 Å². The van der Waals surface area contributed by atoms with Crippen LogP contribution in [0.15, 0.2) is 22.7 Å². The summed E-state index contributed by atoms with van der Waals surface area (Å²) in [4.78, 5) is 12.0. The van der Waals surface area contributed by atoms with Gasteiger partial charge in [0.15, 0.2) is 0 Å². The van der Waals surface area contributed by atoms with Crippen LogP contribution < -0.4 is 5.32 Å². The summed E-state index contributed by atoms with van der Waals surface area (Å²) in [6.07, 6.45) is 3.16. The first kappa shape index (κ1) is 13.7. The summed E-state index contributed by atoms with van der Waals surface area (Å²) in [5.74, 6) is 0.342. The zero-order valence-electron chi connectivity index (χ0n) is 10.2. The van der Waals surface area contributed by atoms with Gasteiger partial charge in [-0.15, -0.1) is 0 Å². The van der Waals surface area contributed by atoms with Gasteiger partial charge in [0, 0.05) is 17.3 Å². The Morgan fingerprint density at radius 2 is 2.33 bits per heavy atom. The first-order chi connectivity index (χ1) is 8.65. The third-order valence-corrected chi connectivity index (χ3v) is 4.08. The molecule has 1 aliphatic heterocycles. The molecule has 1 aliphatic rings. The standard InChI is InChI=1S/C14H17BrFNO/c15-14-4-3-12(16)7-11(14)8-13(18)6-10-2-1-5-17-9-10/h3-4,7,10,17H,1-2,5-6,8-9H2. The van der Waals surface area contributed by atoms with Crippen LogP contribution in [0.4, 0.5) is 4.39 Å². The number of hydrogen-bond donors (Lipinski definition) is 1. The zero-order valence-corrected chi connectivity index (χ0v) is 11.8. The normalized spacial score (nSPS) is 19.8. The van der Waals surface area contributed by atoms with Crippen molar-refractivity contribution >= 4 is 21.7 Å². The number of halogens is 2. The van der Waals surface area contributed by atoms with Crippen molar-refractivity contribution in [2.75, 3.05) is 13.1 Å². The number of benzene rings is 1. The lowest BCUT2D eigenvalue weighted by molar-refractivity contribution is -0.119. The van der Waals surface area contributed by atoms with Gasteiger partial charge in [-0.1, -0.05) is 15.9 Å². The average Bonchev–Trinajstić information content (AvgIpc) is 2.35. The number of nitrogens with one attached hydrogen (secondary N) is 1. The van der Waals surface area contributed by atoms with Crippen LogP contribution in [0.3, 0.4) is 0 Å². The van der Waals surface area contributed by atoms with E-state index < -0.39 is 0 Å². The number of rotatable bonds is 4. The number of Topliss-reactive ketones (excluding diaryl/α,β-unsaturated/α-hetero) is 1. The molecular formula is C14H17BrFNO. The molecule has 0 radical (unpaired) electrons. The molecule has 1 N–H and O–H groups in total. The van der Waals surface area contributed by atoms with E-state index in [2.05, 4.69) is 21.2 Å².